The van der Waals surface area contributed by atoms with Crippen LogP contribution >= 0.6 is 0 Å². The van der Waals surface area contributed by atoms with Crippen molar-refractivity contribution in [2.24, 2.45) is 0 Å². The van der Waals surface area contributed by atoms with Crippen LogP contribution in [0.4, 0.5) is 0 Å². The summed E-state index contributed by atoms with van der Waals surface area (Å²) in [7, 11) is 4.63. The van der Waals surface area contributed by atoms with Crippen LogP contribution < -0.4 is 19.8 Å². The number of fused-ring (bicyclic) bond motifs is 1. The first-order valence-electron chi connectivity index (χ1n) is 10.2. The molecule has 0 unspecified atom stereocenters. The van der Waals surface area contributed by atoms with Crippen molar-refractivity contribution in [1.82, 2.24) is 9.38 Å². The highest BCUT2D eigenvalue weighted by atomic mass is 16.5. The van der Waals surface area contributed by atoms with Crippen LogP contribution in [-0.4, -0.2) is 41.8 Å². The van der Waals surface area contributed by atoms with E-state index in [9.17, 15) is 14.7 Å². The van der Waals surface area contributed by atoms with Gasteiger partial charge in [0.25, 0.3) is 5.56 Å². The molecule has 3 rings (SSSR count). The fourth-order valence-electron chi connectivity index (χ4n) is 3.47. The summed E-state index contributed by atoms with van der Waals surface area (Å²) in [6.07, 6.45) is 7.13. The van der Waals surface area contributed by atoms with E-state index in [1.165, 1.54) is 29.8 Å². The minimum Gasteiger partial charge on any atom is -0.493 e. The molecule has 0 atom stereocenters. The molecular formula is C24H26N2O6. The molecule has 0 bridgehead atoms. The number of unbranched alkanes of at least 4 members (excludes halogenated alkanes) is 1. The highest BCUT2D eigenvalue weighted by Gasteiger charge is 2.16. The largest absolute Gasteiger partial charge is 0.493 e. The molecule has 1 N–H and O–H groups in total. The number of aromatic nitrogens is 2. The molecule has 8 nitrogen and oxygen atoms in total. The van der Waals surface area contributed by atoms with Gasteiger partial charge in [-0.2, -0.15) is 0 Å². The molecule has 0 saturated carbocycles. The number of hydrogen-bond donors (Lipinski definition) is 1. The molecule has 3 aromatic rings. The van der Waals surface area contributed by atoms with Gasteiger partial charge in [0, 0.05) is 17.3 Å². The molecule has 0 aliphatic carbocycles. The van der Waals surface area contributed by atoms with E-state index >= 15 is 0 Å². The minimum atomic E-state index is -1.10. The molecule has 0 aliphatic heterocycles. The highest BCUT2D eigenvalue weighted by Crippen LogP contribution is 2.40. The number of nitrogens with zero attached hydrogens (tertiary/aromatic N) is 2. The molecule has 168 valence electrons. The summed E-state index contributed by atoms with van der Waals surface area (Å²) in [5, 5.41) is 9.26. The maximum atomic E-state index is 13.2. The van der Waals surface area contributed by atoms with Gasteiger partial charge in [0.15, 0.2) is 11.5 Å². The Morgan fingerprint density at radius 3 is 2.44 bits per heavy atom. The van der Waals surface area contributed by atoms with Gasteiger partial charge in [-0.1, -0.05) is 13.3 Å². The van der Waals surface area contributed by atoms with Crippen molar-refractivity contribution in [2.75, 3.05) is 21.3 Å². The summed E-state index contributed by atoms with van der Waals surface area (Å²) < 4.78 is 17.6. The van der Waals surface area contributed by atoms with Crippen LogP contribution in [-0.2, 0) is 6.42 Å². The fourth-order valence-corrected chi connectivity index (χ4v) is 3.47. The Morgan fingerprint density at radius 1 is 1.06 bits per heavy atom. The van der Waals surface area contributed by atoms with Gasteiger partial charge in [-0.15, -0.1) is 0 Å². The van der Waals surface area contributed by atoms with Gasteiger partial charge in [-0.25, -0.2) is 9.78 Å². The second-order valence-corrected chi connectivity index (χ2v) is 7.09. The Morgan fingerprint density at radius 2 is 1.81 bits per heavy atom. The van der Waals surface area contributed by atoms with Gasteiger partial charge >= 0.3 is 5.97 Å². The summed E-state index contributed by atoms with van der Waals surface area (Å²) in [6, 6.07) is 6.56. The zero-order chi connectivity index (χ0) is 23.3. The van der Waals surface area contributed by atoms with Gasteiger partial charge in [-0.05, 0) is 49.3 Å². The van der Waals surface area contributed by atoms with E-state index in [0.29, 0.717) is 40.6 Å². The Kier molecular flexibility index (Phi) is 7.14. The van der Waals surface area contributed by atoms with Crippen molar-refractivity contribution in [3.63, 3.8) is 0 Å². The average molecular weight is 438 g/mol. The van der Waals surface area contributed by atoms with Crippen LogP contribution in [0.5, 0.6) is 17.2 Å². The van der Waals surface area contributed by atoms with Gasteiger partial charge in [0.05, 0.1) is 32.6 Å². The van der Waals surface area contributed by atoms with Gasteiger partial charge in [0.1, 0.15) is 5.65 Å². The smallest absolute Gasteiger partial charge is 0.337 e. The summed E-state index contributed by atoms with van der Waals surface area (Å²) in [5.41, 5.74) is 1.92. The number of hydrogen-bond acceptors (Lipinski definition) is 6. The van der Waals surface area contributed by atoms with Crippen molar-refractivity contribution < 1.29 is 24.1 Å². The summed E-state index contributed by atoms with van der Waals surface area (Å²) in [4.78, 5) is 29.1. The van der Waals surface area contributed by atoms with E-state index < -0.39 is 5.97 Å². The quantitative estimate of drug-likeness (QED) is 0.540. The number of benzene rings is 1. The van der Waals surface area contributed by atoms with Crippen LogP contribution in [0.25, 0.3) is 17.8 Å². The van der Waals surface area contributed by atoms with E-state index in [-0.39, 0.29) is 11.1 Å². The zero-order valence-electron chi connectivity index (χ0n) is 18.5. The number of carboxylic acids is 1. The average Bonchev–Trinajstić information content (AvgIpc) is 2.81. The molecule has 0 aliphatic rings. The Bertz CT molecular complexity index is 1230. The second-order valence-electron chi connectivity index (χ2n) is 7.09. The van der Waals surface area contributed by atoms with Crippen molar-refractivity contribution >= 4 is 23.8 Å². The Hall–Kier alpha value is -3.81. The van der Waals surface area contributed by atoms with Crippen LogP contribution in [0.1, 0.15) is 46.9 Å². The number of carboxylic acid groups (broad SMARTS) is 1. The maximum absolute atomic E-state index is 13.2. The first-order chi connectivity index (χ1) is 15.4. The third-order valence-electron chi connectivity index (χ3n) is 5.13. The predicted octanol–water partition coefficient (Wildman–Crippen LogP) is 3.93. The first-order valence-corrected chi connectivity index (χ1v) is 10.2. The number of aromatic carboxylic acids is 1. The third-order valence-corrected chi connectivity index (χ3v) is 5.13. The molecule has 2 aromatic heterocycles. The molecule has 0 fully saturated rings. The molecular weight excluding hydrogens is 412 g/mol. The summed E-state index contributed by atoms with van der Waals surface area (Å²) in [6.45, 7) is 2.04. The van der Waals surface area contributed by atoms with E-state index in [0.717, 1.165) is 18.4 Å². The number of ether oxygens (including phenoxy) is 3. The minimum absolute atomic E-state index is 0.0289. The van der Waals surface area contributed by atoms with Crippen LogP contribution in [0, 0.1) is 0 Å². The Labute approximate surface area is 185 Å². The highest BCUT2D eigenvalue weighted by molar-refractivity contribution is 5.87. The SMILES string of the molecule is CCCCc1c(C=Cc2ccc(OC)c(OC)c2OC)nc2ccc(C(=O)O)cn2c1=O. The molecule has 0 radical (unpaired) electrons. The maximum Gasteiger partial charge on any atom is 0.337 e. The topological polar surface area (TPSA) is 99.4 Å². The van der Waals surface area contributed by atoms with Gasteiger partial charge < -0.3 is 19.3 Å². The van der Waals surface area contributed by atoms with Crippen molar-refractivity contribution in [1.29, 1.82) is 0 Å². The van der Waals surface area contributed by atoms with E-state index in [4.69, 9.17) is 14.2 Å². The lowest BCUT2D eigenvalue weighted by atomic mass is 10.1. The van der Waals surface area contributed by atoms with E-state index in [2.05, 4.69) is 4.98 Å². The number of carbonyl (C=O) groups is 1. The lowest BCUT2D eigenvalue weighted by Crippen LogP contribution is -2.22. The molecule has 32 heavy (non-hydrogen) atoms. The van der Waals surface area contributed by atoms with Crippen molar-refractivity contribution in [3.8, 4) is 17.2 Å². The molecule has 0 amide bonds. The monoisotopic (exact) mass is 438 g/mol. The molecule has 0 saturated heterocycles. The number of methoxy groups -OCH3 is 3. The lowest BCUT2D eigenvalue weighted by molar-refractivity contribution is 0.0696. The number of pyridine rings is 1. The normalized spacial score (nSPS) is 11.1. The second kappa shape index (κ2) is 10.00. The summed E-state index contributed by atoms with van der Waals surface area (Å²) in [5.74, 6) is 0.415. The molecule has 0 spiro atoms. The van der Waals surface area contributed by atoms with Crippen LogP contribution in [0.15, 0.2) is 35.3 Å². The predicted molar refractivity (Wildman–Crippen MR) is 122 cm³/mol. The van der Waals surface area contributed by atoms with Crippen molar-refractivity contribution in [3.05, 3.63) is 63.2 Å². The van der Waals surface area contributed by atoms with E-state index in [1.807, 2.05) is 13.0 Å². The first kappa shape index (κ1) is 22.9. The van der Waals surface area contributed by atoms with E-state index in [1.54, 1.807) is 32.4 Å². The van der Waals surface area contributed by atoms with Gasteiger partial charge in [-0.3, -0.25) is 9.20 Å². The standard InChI is InChI=1S/C24H26N2O6/c1-5-6-7-17-18(25-20-13-10-16(24(28)29)14-26(20)23(17)27)11-8-15-9-12-19(30-2)22(32-4)21(15)31-3/h8-14H,5-7H2,1-4H3,(H,28,29). The lowest BCUT2D eigenvalue weighted by Gasteiger charge is -2.14. The van der Waals surface area contributed by atoms with Gasteiger partial charge in [0.2, 0.25) is 5.75 Å². The zero-order valence-corrected chi connectivity index (χ0v) is 18.5. The molecule has 2 heterocycles. The van der Waals surface area contributed by atoms with Crippen LogP contribution in [0.3, 0.4) is 0 Å². The third kappa shape index (κ3) is 4.44. The summed E-state index contributed by atoms with van der Waals surface area (Å²) >= 11 is 0. The van der Waals surface area contributed by atoms with Crippen LogP contribution in [0.2, 0.25) is 0 Å². The Balaban J connectivity index is 2.16. The molecule has 1 aromatic carbocycles. The van der Waals surface area contributed by atoms with Crippen molar-refractivity contribution in [2.45, 2.75) is 26.2 Å². The fraction of sp³-hybridized carbons (Fsp3) is 0.292. The molecule has 8 heteroatoms. The number of rotatable bonds is 9.